The van der Waals surface area contributed by atoms with Gasteiger partial charge in [-0.1, -0.05) is 25.1 Å². The molecule has 3 aromatic heterocycles. The summed E-state index contributed by atoms with van der Waals surface area (Å²) >= 11 is 0. The number of nitrogens with zero attached hydrogens (tertiary/aromatic N) is 7. The van der Waals surface area contributed by atoms with Gasteiger partial charge in [-0.25, -0.2) is 14.6 Å². The van der Waals surface area contributed by atoms with Crippen LogP contribution < -0.4 is 10.6 Å². The van der Waals surface area contributed by atoms with Gasteiger partial charge in [0.15, 0.2) is 11.6 Å². The number of rotatable bonds is 7. The van der Waals surface area contributed by atoms with Gasteiger partial charge in [0.25, 0.3) is 0 Å². The third kappa shape index (κ3) is 6.23. The minimum absolute atomic E-state index is 0.504. The van der Waals surface area contributed by atoms with Crippen LogP contribution in [0, 0.1) is 5.92 Å². The first-order chi connectivity index (χ1) is 20.0. The summed E-state index contributed by atoms with van der Waals surface area (Å²) in [6.45, 7) is 14.3. The molecule has 1 aliphatic carbocycles. The van der Waals surface area contributed by atoms with Crippen LogP contribution in [0.2, 0.25) is 0 Å². The summed E-state index contributed by atoms with van der Waals surface area (Å²) < 4.78 is 1.75. The van der Waals surface area contributed by atoms with Crippen molar-refractivity contribution in [1.29, 1.82) is 0 Å². The Morgan fingerprint density at radius 2 is 1.90 bits per heavy atom. The second kappa shape index (κ2) is 12.9. The van der Waals surface area contributed by atoms with E-state index in [4.69, 9.17) is 10.7 Å². The Bertz CT molecular complexity index is 1470. The van der Waals surface area contributed by atoms with Crippen LogP contribution in [0.15, 0.2) is 84.8 Å². The maximum atomic E-state index is 6.29. The van der Waals surface area contributed by atoms with Crippen molar-refractivity contribution in [2.45, 2.75) is 52.1 Å². The lowest BCUT2D eigenvalue weighted by Crippen LogP contribution is -2.35. The molecule has 0 spiro atoms. The summed E-state index contributed by atoms with van der Waals surface area (Å²) in [7, 11) is 0. The molecular formula is C33H40N8. The number of allylic oxidation sites excluding steroid dienone is 1. The first kappa shape index (κ1) is 28.2. The Labute approximate surface area is 243 Å². The number of aliphatic imine (C=N–C) groups is 1. The molecule has 1 fully saturated rings. The highest BCUT2D eigenvalue weighted by molar-refractivity contribution is 5.74. The number of hydrogen-bond acceptors (Lipinski definition) is 7. The van der Waals surface area contributed by atoms with Crippen molar-refractivity contribution in [3.8, 4) is 5.82 Å². The quantitative estimate of drug-likeness (QED) is 0.201. The summed E-state index contributed by atoms with van der Waals surface area (Å²) in [5.41, 5.74) is 11.8. The van der Waals surface area contributed by atoms with E-state index in [2.05, 4.69) is 63.3 Å². The topological polar surface area (TPSA) is 88.5 Å². The Kier molecular flexibility index (Phi) is 8.89. The van der Waals surface area contributed by atoms with Gasteiger partial charge in [-0.2, -0.15) is 5.10 Å². The predicted octanol–water partition coefficient (Wildman–Crippen LogP) is 6.83. The van der Waals surface area contributed by atoms with E-state index in [1.807, 2.05) is 43.5 Å². The minimum Gasteiger partial charge on any atom is -0.383 e. The van der Waals surface area contributed by atoms with Gasteiger partial charge < -0.3 is 10.6 Å². The van der Waals surface area contributed by atoms with Crippen molar-refractivity contribution >= 4 is 29.7 Å². The molecule has 1 atom stereocenters. The van der Waals surface area contributed by atoms with E-state index in [-0.39, 0.29) is 0 Å². The molecule has 0 bridgehead atoms. The lowest BCUT2D eigenvalue weighted by atomic mass is 9.96. The summed E-state index contributed by atoms with van der Waals surface area (Å²) in [5.74, 6) is 2.76. The van der Waals surface area contributed by atoms with Crippen molar-refractivity contribution in [2.75, 3.05) is 23.7 Å². The molecule has 4 aromatic rings. The number of benzene rings is 1. The van der Waals surface area contributed by atoms with Crippen molar-refractivity contribution in [2.24, 2.45) is 10.9 Å². The molecule has 2 aliphatic rings. The van der Waals surface area contributed by atoms with Crippen LogP contribution in [-0.2, 0) is 13.0 Å². The van der Waals surface area contributed by atoms with Crippen LogP contribution in [0.1, 0.15) is 55.8 Å². The van der Waals surface area contributed by atoms with Gasteiger partial charge in [-0.15, -0.1) is 6.58 Å². The van der Waals surface area contributed by atoms with Gasteiger partial charge in [0.05, 0.1) is 6.54 Å². The van der Waals surface area contributed by atoms with Gasteiger partial charge in [0.2, 0.25) is 0 Å². The minimum atomic E-state index is 0.504. The number of hydrogen-bond donors (Lipinski definition) is 1. The van der Waals surface area contributed by atoms with Crippen LogP contribution in [0.3, 0.4) is 0 Å². The largest absolute Gasteiger partial charge is 0.383 e. The van der Waals surface area contributed by atoms with Crippen LogP contribution in [0.5, 0.6) is 0 Å². The average molecular weight is 549 g/mol. The lowest BCUT2D eigenvalue weighted by Gasteiger charge is -2.35. The maximum Gasteiger partial charge on any atom is 0.161 e. The van der Waals surface area contributed by atoms with E-state index in [1.165, 1.54) is 43.5 Å². The van der Waals surface area contributed by atoms with Gasteiger partial charge in [0.1, 0.15) is 11.5 Å². The molecule has 0 amide bonds. The second-order valence-electron chi connectivity index (χ2n) is 10.8. The summed E-state index contributed by atoms with van der Waals surface area (Å²) in [6, 6.07) is 17.0. The molecule has 1 aromatic carbocycles. The van der Waals surface area contributed by atoms with E-state index < -0.39 is 0 Å². The van der Waals surface area contributed by atoms with E-state index in [9.17, 15) is 0 Å². The van der Waals surface area contributed by atoms with Gasteiger partial charge in [-0.05, 0) is 106 Å². The standard InChI is InChI=1S/C30H34N8.C3H6/c1-21-12-17-36(18-13-21)27-10-6-22-19-24(7-8-25(22)27)37(20-23-5-3-14-33-29(23)31)30-26(32-2)9-11-28(35-30)38-16-4-15-34-38;1-3-2/h3-5,7-9,11,14-16,19,21,27H,2,6,10,12-13,17-18,20H2,1H3,(H2,31,33);3H,1H2,2H3. The van der Waals surface area contributed by atoms with Gasteiger partial charge in [0, 0.05) is 35.9 Å². The number of aromatic nitrogens is 4. The molecule has 0 saturated carbocycles. The molecule has 41 heavy (non-hydrogen) atoms. The zero-order valence-electron chi connectivity index (χ0n) is 24.2. The Morgan fingerprint density at radius 1 is 1.10 bits per heavy atom. The first-order valence-electron chi connectivity index (χ1n) is 14.4. The third-order valence-electron chi connectivity index (χ3n) is 8.00. The molecule has 1 unspecified atom stereocenters. The molecule has 8 heteroatoms. The maximum absolute atomic E-state index is 6.29. The molecule has 1 aliphatic heterocycles. The fourth-order valence-electron chi connectivity index (χ4n) is 5.80. The van der Waals surface area contributed by atoms with Crippen molar-refractivity contribution in [3.63, 3.8) is 0 Å². The van der Waals surface area contributed by atoms with E-state index in [0.29, 0.717) is 35.7 Å². The van der Waals surface area contributed by atoms with Gasteiger partial charge >= 0.3 is 0 Å². The highest BCUT2D eigenvalue weighted by atomic mass is 15.3. The molecule has 4 heterocycles. The molecule has 8 nitrogen and oxygen atoms in total. The summed E-state index contributed by atoms with van der Waals surface area (Å²) in [5, 5.41) is 4.37. The zero-order valence-corrected chi connectivity index (χ0v) is 24.2. The van der Waals surface area contributed by atoms with E-state index in [0.717, 1.165) is 23.6 Å². The molecule has 1 saturated heterocycles. The van der Waals surface area contributed by atoms with Crippen molar-refractivity contribution < 1.29 is 0 Å². The monoisotopic (exact) mass is 548 g/mol. The number of piperidine rings is 1. The zero-order chi connectivity index (χ0) is 28.8. The third-order valence-corrected chi connectivity index (χ3v) is 8.00. The number of nitrogen functional groups attached to an aromatic ring is 1. The molecule has 0 radical (unpaired) electrons. The van der Waals surface area contributed by atoms with Crippen LogP contribution in [0.4, 0.5) is 23.0 Å². The SMILES string of the molecule is C=CC.C=Nc1ccc(-n2cccn2)nc1N(Cc1cccnc1N)c1ccc2c(c1)CCC2N1CCC(C)CC1. The number of anilines is 3. The van der Waals surface area contributed by atoms with Crippen LogP contribution in [0.25, 0.3) is 5.82 Å². The van der Waals surface area contributed by atoms with Gasteiger partial charge in [-0.3, -0.25) is 9.89 Å². The average Bonchev–Trinajstić information content (AvgIpc) is 3.68. The van der Waals surface area contributed by atoms with Crippen molar-refractivity contribution in [1.82, 2.24) is 24.6 Å². The number of nitrogens with two attached hydrogens (primary N) is 1. The highest BCUT2D eigenvalue weighted by Gasteiger charge is 2.31. The summed E-state index contributed by atoms with van der Waals surface area (Å²) in [4.78, 5) is 18.5. The Hall–Kier alpha value is -4.30. The Balaban J connectivity index is 0.00000108. The number of fused-ring (bicyclic) bond motifs is 1. The van der Waals surface area contributed by atoms with E-state index in [1.54, 1.807) is 23.2 Å². The number of aryl methyl sites for hydroxylation is 1. The van der Waals surface area contributed by atoms with Crippen LogP contribution >= 0.6 is 0 Å². The highest BCUT2D eigenvalue weighted by Crippen LogP contribution is 2.42. The second-order valence-corrected chi connectivity index (χ2v) is 10.8. The summed E-state index contributed by atoms with van der Waals surface area (Å²) in [6.07, 6.45) is 11.9. The first-order valence-corrected chi connectivity index (χ1v) is 14.4. The Morgan fingerprint density at radius 3 is 2.61 bits per heavy atom. The molecule has 2 N–H and O–H groups in total. The fourth-order valence-corrected chi connectivity index (χ4v) is 5.80. The smallest absolute Gasteiger partial charge is 0.161 e. The number of pyridine rings is 2. The van der Waals surface area contributed by atoms with E-state index >= 15 is 0 Å². The molecular weight excluding hydrogens is 508 g/mol. The van der Waals surface area contributed by atoms with Crippen LogP contribution in [-0.4, -0.2) is 44.5 Å². The predicted molar refractivity (Wildman–Crippen MR) is 168 cm³/mol. The van der Waals surface area contributed by atoms with Crippen molar-refractivity contribution in [3.05, 3.63) is 96.5 Å². The molecule has 6 rings (SSSR count). The fraction of sp³-hybridized carbons (Fsp3) is 0.333. The molecule has 212 valence electrons. The lowest BCUT2D eigenvalue weighted by molar-refractivity contribution is 0.137. The number of likely N-dealkylation sites (tertiary alicyclic amines) is 1. The normalized spacial score (nSPS) is 16.9.